The largest absolute Gasteiger partial charge is 0.397 e. The minimum atomic E-state index is 0.145. The molecule has 7 heteroatoms. The second kappa shape index (κ2) is 2.92. The first-order valence-corrected chi connectivity index (χ1v) is 4.27. The zero-order valence-corrected chi connectivity index (χ0v) is 7.94. The minimum absolute atomic E-state index is 0.145. The normalized spacial score (nSPS) is 14.1. The lowest BCUT2D eigenvalue weighted by molar-refractivity contribution is -0.0988. The van der Waals surface area contributed by atoms with Crippen LogP contribution in [0.15, 0.2) is 5.10 Å². The predicted molar refractivity (Wildman–Crippen MR) is 59.0 cm³/mol. The average Bonchev–Trinajstić information content (AvgIpc) is 2.23. The van der Waals surface area contributed by atoms with E-state index in [1.165, 1.54) is 6.21 Å². The topological polar surface area (TPSA) is 140 Å². The van der Waals surface area contributed by atoms with Crippen molar-refractivity contribution in [2.45, 2.75) is 6.54 Å². The summed E-state index contributed by atoms with van der Waals surface area (Å²) in [5.41, 5.74) is 25.3. The highest BCUT2D eigenvalue weighted by molar-refractivity contribution is 6.01. The van der Waals surface area contributed by atoms with Gasteiger partial charge in [0, 0.05) is 11.1 Å². The van der Waals surface area contributed by atoms with Crippen molar-refractivity contribution < 1.29 is 5.21 Å². The number of hydroxylamine groups is 1. The van der Waals surface area contributed by atoms with Gasteiger partial charge in [0.2, 0.25) is 0 Å². The number of nitrogen functional groups attached to an aromatic ring is 4. The molecule has 0 amide bonds. The maximum atomic E-state index is 9.20. The van der Waals surface area contributed by atoms with Gasteiger partial charge in [0.1, 0.15) is 0 Å². The van der Waals surface area contributed by atoms with E-state index in [1.54, 1.807) is 0 Å². The first-order chi connectivity index (χ1) is 7.02. The molecule has 1 aromatic carbocycles. The molecule has 0 aliphatic carbocycles. The maximum Gasteiger partial charge on any atom is 0.0924 e. The SMILES string of the molecule is Nc1c(N)c(N)c2c(c1N)C=NN(O)C2. The van der Waals surface area contributed by atoms with Crippen molar-refractivity contribution >= 4 is 29.0 Å². The number of benzene rings is 1. The Morgan fingerprint density at radius 2 is 1.67 bits per heavy atom. The monoisotopic (exact) mass is 208 g/mol. The molecule has 1 aliphatic heterocycles. The van der Waals surface area contributed by atoms with Crippen molar-refractivity contribution in [1.82, 2.24) is 5.17 Å². The minimum Gasteiger partial charge on any atom is -0.397 e. The van der Waals surface area contributed by atoms with E-state index in [-0.39, 0.29) is 17.9 Å². The van der Waals surface area contributed by atoms with Gasteiger partial charge < -0.3 is 22.9 Å². The molecule has 7 nitrogen and oxygen atoms in total. The Hall–Kier alpha value is -2.15. The van der Waals surface area contributed by atoms with Crippen LogP contribution in [0.1, 0.15) is 11.1 Å². The average molecular weight is 208 g/mol. The van der Waals surface area contributed by atoms with Crippen LogP contribution in [0.5, 0.6) is 0 Å². The van der Waals surface area contributed by atoms with E-state index >= 15 is 0 Å². The molecule has 1 heterocycles. The molecule has 80 valence electrons. The standard InChI is InChI=1S/C8H12N6O/c9-5-3-1-13-14(15)2-4(3)6(10)8(12)7(5)11/h1,15H,2,9-12H2. The van der Waals surface area contributed by atoms with Crippen LogP contribution in [0.4, 0.5) is 22.7 Å². The Morgan fingerprint density at radius 3 is 2.33 bits per heavy atom. The third kappa shape index (κ3) is 1.21. The number of hydrogen-bond donors (Lipinski definition) is 5. The molecule has 9 N–H and O–H groups in total. The maximum absolute atomic E-state index is 9.20. The number of hydrazone groups is 1. The predicted octanol–water partition coefficient (Wildman–Crippen LogP) is -0.446. The summed E-state index contributed by atoms with van der Waals surface area (Å²) in [5, 5.41) is 13.6. The summed E-state index contributed by atoms with van der Waals surface area (Å²) < 4.78 is 0. The van der Waals surface area contributed by atoms with Crippen LogP contribution in [0.3, 0.4) is 0 Å². The lowest BCUT2D eigenvalue weighted by Gasteiger charge is -2.22. The molecule has 0 saturated carbocycles. The van der Waals surface area contributed by atoms with Gasteiger partial charge in [0.25, 0.3) is 0 Å². The fraction of sp³-hybridized carbons (Fsp3) is 0.125. The fourth-order valence-electron chi connectivity index (χ4n) is 1.53. The fourth-order valence-corrected chi connectivity index (χ4v) is 1.53. The van der Waals surface area contributed by atoms with E-state index in [2.05, 4.69) is 5.10 Å². The molecule has 0 bridgehead atoms. The zero-order valence-electron chi connectivity index (χ0n) is 7.94. The Kier molecular flexibility index (Phi) is 1.83. The number of nitrogens with two attached hydrogens (primary N) is 4. The second-order valence-electron chi connectivity index (χ2n) is 3.32. The van der Waals surface area contributed by atoms with Crippen molar-refractivity contribution in [3.8, 4) is 0 Å². The highest BCUT2D eigenvalue weighted by Gasteiger charge is 2.20. The van der Waals surface area contributed by atoms with E-state index in [1.807, 2.05) is 0 Å². The lowest BCUT2D eigenvalue weighted by atomic mass is 10.00. The van der Waals surface area contributed by atoms with Crippen molar-refractivity contribution in [3.05, 3.63) is 11.1 Å². The van der Waals surface area contributed by atoms with E-state index in [0.717, 1.165) is 5.17 Å². The van der Waals surface area contributed by atoms with E-state index < -0.39 is 0 Å². The van der Waals surface area contributed by atoms with Crippen molar-refractivity contribution in [1.29, 1.82) is 0 Å². The van der Waals surface area contributed by atoms with Crippen LogP contribution < -0.4 is 22.9 Å². The number of anilines is 4. The van der Waals surface area contributed by atoms with Crippen LogP contribution >= 0.6 is 0 Å². The molecule has 0 spiro atoms. The van der Waals surface area contributed by atoms with Gasteiger partial charge in [-0.1, -0.05) is 0 Å². The number of hydrogen-bond acceptors (Lipinski definition) is 7. The number of nitrogens with zero attached hydrogens (tertiary/aromatic N) is 2. The zero-order chi connectivity index (χ0) is 11.2. The summed E-state index contributed by atoms with van der Waals surface area (Å²) in [6.45, 7) is 0.145. The molecule has 1 aliphatic rings. The third-order valence-electron chi connectivity index (χ3n) is 2.43. The van der Waals surface area contributed by atoms with Gasteiger partial charge in [-0.15, -0.1) is 0 Å². The van der Waals surface area contributed by atoms with Crippen molar-refractivity contribution in [3.63, 3.8) is 0 Å². The summed E-state index contributed by atoms with van der Waals surface area (Å²) in [6, 6.07) is 0. The Bertz CT molecular complexity index is 455. The lowest BCUT2D eigenvalue weighted by Crippen LogP contribution is -2.22. The third-order valence-corrected chi connectivity index (χ3v) is 2.43. The van der Waals surface area contributed by atoms with Crippen LogP contribution in [0, 0.1) is 0 Å². The van der Waals surface area contributed by atoms with Crippen LogP contribution in [-0.4, -0.2) is 16.6 Å². The molecule has 2 rings (SSSR count). The molecule has 15 heavy (non-hydrogen) atoms. The van der Waals surface area contributed by atoms with Gasteiger partial charge in [-0.05, 0) is 0 Å². The molecular formula is C8H12N6O. The molecule has 0 unspecified atom stereocenters. The Labute approximate surface area is 85.9 Å². The first-order valence-electron chi connectivity index (χ1n) is 4.27. The van der Waals surface area contributed by atoms with E-state index in [0.29, 0.717) is 22.5 Å². The van der Waals surface area contributed by atoms with Gasteiger partial charge in [-0.3, -0.25) is 5.21 Å². The summed E-state index contributed by atoms with van der Waals surface area (Å²) in [7, 11) is 0. The first kappa shape index (κ1) is 9.41. The van der Waals surface area contributed by atoms with Crippen LogP contribution in [0.2, 0.25) is 0 Å². The van der Waals surface area contributed by atoms with Gasteiger partial charge >= 0.3 is 0 Å². The van der Waals surface area contributed by atoms with Gasteiger partial charge in [0.15, 0.2) is 0 Å². The Morgan fingerprint density at radius 1 is 1.07 bits per heavy atom. The smallest absolute Gasteiger partial charge is 0.0924 e. The highest BCUT2D eigenvalue weighted by Crippen LogP contribution is 2.37. The summed E-state index contributed by atoms with van der Waals surface area (Å²) in [6.07, 6.45) is 1.40. The van der Waals surface area contributed by atoms with Crippen LogP contribution in [-0.2, 0) is 6.54 Å². The van der Waals surface area contributed by atoms with Gasteiger partial charge in [0.05, 0.1) is 35.5 Å². The molecule has 0 aromatic heterocycles. The van der Waals surface area contributed by atoms with E-state index in [9.17, 15) is 5.21 Å². The molecule has 0 atom stereocenters. The van der Waals surface area contributed by atoms with Crippen LogP contribution in [0.25, 0.3) is 0 Å². The quantitative estimate of drug-likeness (QED) is 0.366. The molecule has 0 saturated heterocycles. The summed E-state index contributed by atoms with van der Waals surface area (Å²) >= 11 is 0. The van der Waals surface area contributed by atoms with Gasteiger partial charge in [-0.2, -0.15) is 10.3 Å². The summed E-state index contributed by atoms with van der Waals surface area (Å²) in [5.74, 6) is 0. The van der Waals surface area contributed by atoms with Crippen molar-refractivity contribution in [2.75, 3.05) is 22.9 Å². The second-order valence-corrected chi connectivity index (χ2v) is 3.32. The summed E-state index contributed by atoms with van der Waals surface area (Å²) in [4.78, 5) is 0. The van der Waals surface area contributed by atoms with E-state index in [4.69, 9.17) is 22.9 Å². The van der Waals surface area contributed by atoms with Crippen molar-refractivity contribution in [2.24, 2.45) is 5.10 Å². The Balaban J connectivity index is 2.74. The molecule has 1 aromatic rings. The number of rotatable bonds is 0. The van der Waals surface area contributed by atoms with Gasteiger partial charge in [-0.25, -0.2) is 0 Å². The number of fused-ring (bicyclic) bond motifs is 1. The molecule has 0 radical (unpaired) electrons. The molecule has 0 fully saturated rings. The molecular weight excluding hydrogens is 196 g/mol. The highest BCUT2D eigenvalue weighted by atomic mass is 16.5.